The molecule has 0 heterocycles. The molecule has 0 spiro atoms. The molecule has 0 fully saturated rings. The van der Waals surface area contributed by atoms with Crippen molar-refractivity contribution in [1.29, 1.82) is 0 Å². The zero-order valence-electron chi connectivity index (χ0n) is 11.2. The van der Waals surface area contributed by atoms with E-state index in [1.54, 1.807) is 19.2 Å². The highest BCUT2D eigenvalue weighted by molar-refractivity contribution is 9.10. The fourth-order valence-electron chi connectivity index (χ4n) is 1.73. The third-order valence-corrected chi connectivity index (χ3v) is 4.20. The summed E-state index contributed by atoms with van der Waals surface area (Å²) in [6.07, 6.45) is 0. The Morgan fingerprint density at radius 1 is 1.19 bits per heavy atom. The van der Waals surface area contributed by atoms with E-state index < -0.39 is 10.0 Å². The van der Waals surface area contributed by atoms with Gasteiger partial charge in [0, 0.05) is 7.11 Å². The molecule has 0 unspecified atom stereocenters. The minimum atomic E-state index is -3.73. The second-order valence-corrected chi connectivity index (χ2v) is 6.74. The predicted molar refractivity (Wildman–Crippen MR) is 82.7 cm³/mol. The largest absolute Gasteiger partial charge is 0.456 e. The maximum atomic E-state index is 11.3. The molecule has 2 N–H and O–H groups in total. The van der Waals surface area contributed by atoms with Gasteiger partial charge in [-0.15, -0.1) is 0 Å². The Kier molecular flexibility index (Phi) is 5.00. The van der Waals surface area contributed by atoms with Crippen molar-refractivity contribution in [3.63, 3.8) is 0 Å². The van der Waals surface area contributed by atoms with Gasteiger partial charge in [0.2, 0.25) is 10.0 Å². The van der Waals surface area contributed by atoms with Crippen molar-refractivity contribution in [3.8, 4) is 11.5 Å². The van der Waals surface area contributed by atoms with Crippen LogP contribution in [0.25, 0.3) is 0 Å². The van der Waals surface area contributed by atoms with E-state index in [2.05, 4.69) is 15.9 Å². The first-order valence-corrected chi connectivity index (χ1v) is 8.32. The van der Waals surface area contributed by atoms with E-state index in [1.165, 1.54) is 12.1 Å². The monoisotopic (exact) mass is 371 g/mol. The van der Waals surface area contributed by atoms with Gasteiger partial charge in [0.05, 0.1) is 16.0 Å². The van der Waals surface area contributed by atoms with Crippen LogP contribution < -0.4 is 9.88 Å². The lowest BCUT2D eigenvalue weighted by Crippen LogP contribution is -2.11. The van der Waals surface area contributed by atoms with Crippen molar-refractivity contribution in [3.05, 3.63) is 52.5 Å². The summed E-state index contributed by atoms with van der Waals surface area (Å²) >= 11 is 3.28. The number of primary sulfonamides is 1. The highest BCUT2D eigenvalue weighted by Gasteiger charge is 2.11. The summed E-state index contributed by atoms with van der Waals surface area (Å²) in [4.78, 5) is 0.0230. The summed E-state index contributed by atoms with van der Waals surface area (Å²) in [6.45, 7) is 0.489. The van der Waals surface area contributed by atoms with E-state index in [4.69, 9.17) is 14.6 Å². The highest BCUT2D eigenvalue weighted by atomic mass is 79.9. The molecule has 0 saturated carbocycles. The fraction of sp³-hybridized carbons (Fsp3) is 0.143. The van der Waals surface area contributed by atoms with Gasteiger partial charge in [-0.25, -0.2) is 13.6 Å². The first-order valence-electron chi connectivity index (χ1n) is 5.98. The third kappa shape index (κ3) is 4.28. The summed E-state index contributed by atoms with van der Waals surface area (Å²) < 4.78 is 33.8. The molecule has 0 aliphatic rings. The third-order valence-electron chi connectivity index (χ3n) is 2.67. The second kappa shape index (κ2) is 6.57. The van der Waals surface area contributed by atoms with Crippen LogP contribution in [0, 0.1) is 0 Å². The van der Waals surface area contributed by atoms with Crippen LogP contribution >= 0.6 is 15.9 Å². The minimum Gasteiger partial charge on any atom is -0.456 e. The minimum absolute atomic E-state index is 0.0230. The van der Waals surface area contributed by atoms with Gasteiger partial charge in [-0.1, -0.05) is 12.1 Å². The maximum Gasteiger partial charge on any atom is 0.238 e. The van der Waals surface area contributed by atoms with Gasteiger partial charge in [-0.05, 0) is 51.8 Å². The number of benzene rings is 2. The van der Waals surface area contributed by atoms with E-state index in [-0.39, 0.29) is 4.90 Å². The van der Waals surface area contributed by atoms with E-state index in [1.807, 2.05) is 18.2 Å². The quantitative estimate of drug-likeness (QED) is 0.875. The number of hydrogen-bond acceptors (Lipinski definition) is 4. The molecule has 2 aromatic carbocycles. The molecule has 112 valence electrons. The Labute approximate surface area is 131 Å². The molecule has 0 aliphatic heterocycles. The van der Waals surface area contributed by atoms with Crippen molar-refractivity contribution in [2.45, 2.75) is 11.5 Å². The van der Waals surface area contributed by atoms with E-state index in [0.717, 1.165) is 5.56 Å². The van der Waals surface area contributed by atoms with Crippen molar-refractivity contribution >= 4 is 26.0 Å². The molecule has 0 aromatic heterocycles. The molecule has 0 saturated heterocycles. The SMILES string of the molecule is COCc1cccc(Oc2ccc(S(N)(=O)=O)cc2Br)c1. The van der Waals surface area contributed by atoms with Gasteiger partial charge in [0.25, 0.3) is 0 Å². The van der Waals surface area contributed by atoms with E-state index >= 15 is 0 Å². The number of ether oxygens (including phenoxy) is 2. The van der Waals surface area contributed by atoms with Crippen LogP contribution in [0.5, 0.6) is 11.5 Å². The van der Waals surface area contributed by atoms with Crippen LogP contribution in [0.3, 0.4) is 0 Å². The Balaban J connectivity index is 2.26. The summed E-state index contributed by atoms with van der Waals surface area (Å²) in [7, 11) is -2.11. The molecule has 21 heavy (non-hydrogen) atoms. The van der Waals surface area contributed by atoms with Crippen molar-refractivity contribution in [2.24, 2.45) is 5.14 Å². The smallest absolute Gasteiger partial charge is 0.238 e. The lowest BCUT2D eigenvalue weighted by Gasteiger charge is -2.10. The Hall–Kier alpha value is -1.41. The summed E-state index contributed by atoms with van der Waals surface area (Å²) in [5, 5.41) is 5.08. The summed E-state index contributed by atoms with van der Waals surface area (Å²) in [5.41, 5.74) is 0.979. The molecule has 0 bridgehead atoms. The van der Waals surface area contributed by atoms with Crippen LogP contribution in [0.2, 0.25) is 0 Å². The van der Waals surface area contributed by atoms with Crippen molar-refractivity contribution in [2.75, 3.05) is 7.11 Å². The molecular formula is C14H14BrNO4S. The first kappa shape index (κ1) is 16.0. The zero-order chi connectivity index (χ0) is 15.5. The fourth-order valence-corrected chi connectivity index (χ4v) is 2.88. The van der Waals surface area contributed by atoms with Gasteiger partial charge in [-0.3, -0.25) is 0 Å². The number of hydrogen-bond donors (Lipinski definition) is 1. The molecule has 0 amide bonds. The summed E-state index contributed by atoms with van der Waals surface area (Å²) in [5.74, 6) is 1.13. The van der Waals surface area contributed by atoms with Gasteiger partial charge >= 0.3 is 0 Å². The first-order chi connectivity index (χ1) is 9.90. The van der Waals surface area contributed by atoms with E-state index in [9.17, 15) is 8.42 Å². The number of nitrogens with two attached hydrogens (primary N) is 1. The standard InChI is InChI=1S/C14H14BrNO4S/c1-19-9-10-3-2-4-11(7-10)20-14-6-5-12(8-13(14)15)21(16,17)18/h2-8H,9H2,1H3,(H2,16,17,18). The lowest BCUT2D eigenvalue weighted by atomic mass is 10.2. The summed E-state index contributed by atoms with van der Waals surface area (Å²) in [6, 6.07) is 11.8. The van der Waals surface area contributed by atoms with Crippen LogP contribution in [0.1, 0.15) is 5.56 Å². The van der Waals surface area contributed by atoms with Gasteiger partial charge in [0.15, 0.2) is 0 Å². The average molecular weight is 372 g/mol. The molecule has 0 aliphatic carbocycles. The predicted octanol–water partition coefficient (Wildman–Crippen LogP) is 3.04. The Morgan fingerprint density at radius 2 is 1.95 bits per heavy atom. The number of methoxy groups -OCH3 is 1. The van der Waals surface area contributed by atoms with E-state index in [0.29, 0.717) is 22.6 Å². The lowest BCUT2D eigenvalue weighted by molar-refractivity contribution is 0.184. The average Bonchev–Trinajstić information content (AvgIpc) is 2.41. The number of halogens is 1. The molecule has 5 nitrogen and oxygen atoms in total. The molecular weight excluding hydrogens is 358 g/mol. The Bertz CT molecular complexity index is 746. The zero-order valence-corrected chi connectivity index (χ0v) is 13.6. The van der Waals surface area contributed by atoms with Crippen molar-refractivity contribution < 1.29 is 17.9 Å². The molecule has 0 atom stereocenters. The van der Waals surface area contributed by atoms with Crippen molar-refractivity contribution in [1.82, 2.24) is 0 Å². The topological polar surface area (TPSA) is 78.6 Å². The van der Waals surface area contributed by atoms with Gasteiger partial charge in [-0.2, -0.15) is 0 Å². The van der Waals surface area contributed by atoms with Gasteiger partial charge < -0.3 is 9.47 Å². The molecule has 0 radical (unpaired) electrons. The van der Waals surface area contributed by atoms with Crippen LogP contribution in [0.4, 0.5) is 0 Å². The van der Waals surface area contributed by atoms with Crippen LogP contribution in [-0.2, 0) is 21.4 Å². The molecule has 2 rings (SSSR count). The normalized spacial score (nSPS) is 11.4. The second-order valence-electron chi connectivity index (χ2n) is 4.32. The number of sulfonamides is 1. The molecule has 2 aromatic rings. The van der Waals surface area contributed by atoms with Crippen LogP contribution in [0.15, 0.2) is 51.8 Å². The maximum absolute atomic E-state index is 11.3. The van der Waals surface area contributed by atoms with Gasteiger partial charge in [0.1, 0.15) is 11.5 Å². The van der Waals surface area contributed by atoms with Crippen LogP contribution in [-0.4, -0.2) is 15.5 Å². The number of rotatable bonds is 5. The Morgan fingerprint density at radius 3 is 2.57 bits per heavy atom. The highest BCUT2D eigenvalue weighted by Crippen LogP contribution is 2.31. The molecule has 7 heteroatoms.